The van der Waals surface area contributed by atoms with Crippen molar-refractivity contribution in [1.82, 2.24) is 10.3 Å². The van der Waals surface area contributed by atoms with Gasteiger partial charge < -0.3 is 26.6 Å². The number of hydrogen-bond acceptors (Lipinski definition) is 9. The van der Waals surface area contributed by atoms with Gasteiger partial charge in [0, 0.05) is 24.5 Å². The fraction of sp³-hybridized carbons (Fsp3) is 0.476. The van der Waals surface area contributed by atoms with Crippen molar-refractivity contribution in [3.63, 3.8) is 0 Å². The highest BCUT2D eigenvalue weighted by Crippen LogP contribution is 2.32. The number of carbonyl (C=O) groups excluding carboxylic acids is 2. The van der Waals surface area contributed by atoms with Crippen LogP contribution in [0.1, 0.15) is 29.8 Å². The molecule has 2 amide bonds. The second-order valence-electron chi connectivity index (χ2n) is 8.44. The summed E-state index contributed by atoms with van der Waals surface area (Å²) >= 11 is 1.27. The lowest BCUT2D eigenvalue weighted by molar-refractivity contribution is -0.125. The molecule has 2 aliphatic heterocycles. The van der Waals surface area contributed by atoms with Crippen molar-refractivity contribution in [3.05, 3.63) is 35.3 Å². The molecule has 2 saturated heterocycles. The number of likely N-dealkylation sites (N-methyl/N-ethyl adjacent to an activating group) is 1. The Morgan fingerprint density at radius 3 is 2.61 bits per heavy atom. The van der Waals surface area contributed by atoms with Gasteiger partial charge in [0.2, 0.25) is 5.91 Å². The number of para-hydroxylation sites is 2. The Bertz CT molecular complexity index is 1140. The molecule has 178 valence electrons. The maximum absolute atomic E-state index is 12.9. The molecule has 5 N–H and O–H groups in total. The van der Waals surface area contributed by atoms with Crippen molar-refractivity contribution in [3.8, 4) is 0 Å². The molecule has 10 nitrogen and oxygen atoms in total. The number of thiazole rings is 1. The van der Waals surface area contributed by atoms with Crippen LogP contribution in [0.2, 0.25) is 0 Å². The SMILES string of the molecule is CNC1(C(N)=O)CCN(c2ccccc2NC(=O)c2csc(NC3CCS(=O)(=O)C3)n2)CC1. The number of primary amides is 1. The molecule has 0 aliphatic carbocycles. The van der Waals surface area contributed by atoms with Crippen LogP contribution in [0.25, 0.3) is 0 Å². The van der Waals surface area contributed by atoms with Gasteiger partial charge in [-0.15, -0.1) is 11.3 Å². The third kappa shape index (κ3) is 5.12. The monoisotopic (exact) mass is 492 g/mol. The zero-order valence-corrected chi connectivity index (χ0v) is 20.0. The molecule has 4 rings (SSSR count). The van der Waals surface area contributed by atoms with E-state index in [-0.39, 0.29) is 35.1 Å². The average Bonchev–Trinajstić information content (AvgIpc) is 3.40. The molecule has 2 fully saturated rings. The summed E-state index contributed by atoms with van der Waals surface area (Å²) in [6, 6.07) is 7.33. The number of hydrogen-bond donors (Lipinski definition) is 4. The molecule has 0 radical (unpaired) electrons. The summed E-state index contributed by atoms with van der Waals surface area (Å²) in [5.41, 5.74) is 6.68. The van der Waals surface area contributed by atoms with Crippen LogP contribution >= 0.6 is 11.3 Å². The van der Waals surface area contributed by atoms with Crippen molar-refractivity contribution in [1.29, 1.82) is 0 Å². The van der Waals surface area contributed by atoms with Crippen molar-refractivity contribution in [2.75, 3.05) is 47.2 Å². The molecule has 1 atom stereocenters. The summed E-state index contributed by atoms with van der Waals surface area (Å²) in [7, 11) is -1.25. The zero-order valence-electron chi connectivity index (χ0n) is 18.3. The second-order valence-corrected chi connectivity index (χ2v) is 11.5. The largest absolute Gasteiger partial charge is 0.370 e. The third-order valence-corrected chi connectivity index (χ3v) is 8.90. The quantitative estimate of drug-likeness (QED) is 0.448. The van der Waals surface area contributed by atoms with Crippen molar-refractivity contribution in [2.45, 2.75) is 30.8 Å². The van der Waals surface area contributed by atoms with Gasteiger partial charge >= 0.3 is 0 Å². The molecule has 2 aromatic rings. The lowest BCUT2D eigenvalue weighted by atomic mass is 9.86. The van der Waals surface area contributed by atoms with Crippen LogP contribution in [-0.2, 0) is 14.6 Å². The van der Waals surface area contributed by atoms with E-state index in [2.05, 4.69) is 25.8 Å². The van der Waals surface area contributed by atoms with Crippen LogP contribution in [0.4, 0.5) is 16.5 Å². The molecule has 1 aromatic carbocycles. The summed E-state index contributed by atoms with van der Waals surface area (Å²) in [4.78, 5) is 31.2. The Morgan fingerprint density at radius 2 is 1.97 bits per heavy atom. The number of sulfone groups is 1. The summed E-state index contributed by atoms with van der Waals surface area (Å²) in [5.74, 6) is -0.438. The Kier molecular flexibility index (Phi) is 6.59. The molecule has 0 saturated carbocycles. The summed E-state index contributed by atoms with van der Waals surface area (Å²) in [6.45, 7) is 1.23. The van der Waals surface area contributed by atoms with Gasteiger partial charge in [-0.3, -0.25) is 9.59 Å². The maximum atomic E-state index is 12.9. The first-order chi connectivity index (χ1) is 15.7. The minimum atomic E-state index is -2.99. The van der Waals surface area contributed by atoms with Crippen molar-refractivity contribution >= 4 is 49.5 Å². The lowest BCUT2D eigenvalue weighted by Crippen LogP contribution is -2.59. The molecule has 1 aromatic heterocycles. The molecule has 3 heterocycles. The van der Waals surface area contributed by atoms with E-state index in [1.807, 2.05) is 24.3 Å². The fourth-order valence-electron chi connectivity index (χ4n) is 4.32. The molecular weight excluding hydrogens is 464 g/mol. The molecule has 33 heavy (non-hydrogen) atoms. The normalized spacial score (nSPS) is 21.5. The van der Waals surface area contributed by atoms with Gasteiger partial charge in [-0.1, -0.05) is 12.1 Å². The number of carbonyl (C=O) groups is 2. The fourth-order valence-corrected chi connectivity index (χ4v) is 6.76. The van der Waals surface area contributed by atoms with Gasteiger partial charge in [-0.2, -0.15) is 0 Å². The summed E-state index contributed by atoms with van der Waals surface area (Å²) in [5, 5.41) is 11.3. The first-order valence-electron chi connectivity index (χ1n) is 10.8. The van der Waals surface area contributed by atoms with E-state index in [4.69, 9.17) is 5.73 Å². The highest BCUT2D eigenvalue weighted by Gasteiger charge is 2.38. The van der Waals surface area contributed by atoms with Gasteiger partial charge in [-0.05, 0) is 38.4 Å². The second kappa shape index (κ2) is 9.27. The number of benzene rings is 1. The van der Waals surface area contributed by atoms with Crippen LogP contribution < -0.4 is 26.6 Å². The molecule has 0 bridgehead atoms. The topological polar surface area (TPSA) is 147 Å². The number of amides is 2. The highest BCUT2D eigenvalue weighted by molar-refractivity contribution is 7.91. The Labute approximate surface area is 196 Å². The number of nitrogens with one attached hydrogen (secondary N) is 3. The van der Waals surface area contributed by atoms with Crippen molar-refractivity contribution in [2.24, 2.45) is 5.73 Å². The third-order valence-electron chi connectivity index (χ3n) is 6.36. The molecule has 0 spiro atoms. The van der Waals surface area contributed by atoms with Crippen molar-refractivity contribution < 1.29 is 18.0 Å². The summed E-state index contributed by atoms with van der Waals surface area (Å²) < 4.78 is 23.3. The Hall–Kier alpha value is -2.70. The van der Waals surface area contributed by atoms with E-state index in [1.165, 1.54) is 11.3 Å². The molecule has 2 aliphatic rings. The molecule has 1 unspecified atom stereocenters. The zero-order chi connectivity index (χ0) is 23.6. The highest BCUT2D eigenvalue weighted by atomic mass is 32.2. The predicted octanol–water partition coefficient (Wildman–Crippen LogP) is 1.04. The van der Waals surface area contributed by atoms with Gasteiger partial charge in [0.15, 0.2) is 15.0 Å². The first-order valence-corrected chi connectivity index (χ1v) is 13.5. The minimum absolute atomic E-state index is 0.0852. The smallest absolute Gasteiger partial charge is 0.275 e. The van der Waals surface area contributed by atoms with Crippen LogP contribution in [0, 0.1) is 0 Å². The first kappa shape index (κ1) is 23.5. The van der Waals surface area contributed by atoms with Crippen LogP contribution in [0.3, 0.4) is 0 Å². The van der Waals surface area contributed by atoms with Gasteiger partial charge in [-0.25, -0.2) is 13.4 Å². The number of piperidine rings is 1. The van der Waals surface area contributed by atoms with Crippen LogP contribution in [0.5, 0.6) is 0 Å². The van der Waals surface area contributed by atoms with E-state index >= 15 is 0 Å². The summed E-state index contributed by atoms with van der Waals surface area (Å²) in [6.07, 6.45) is 1.68. The van der Waals surface area contributed by atoms with Crippen LogP contribution in [0.15, 0.2) is 29.6 Å². The minimum Gasteiger partial charge on any atom is -0.370 e. The van der Waals surface area contributed by atoms with E-state index in [0.717, 1.165) is 5.69 Å². The Balaban J connectivity index is 1.42. The van der Waals surface area contributed by atoms with E-state index in [9.17, 15) is 18.0 Å². The van der Waals surface area contributed by atoms with Gasteiger partial charge in [0.1, 0.15) is 11.2 Å². The lowest BCUT2D eigenvalue weighted by Gasteiger charge is -2.41. The molecular formula is C21H28N6O4S2. The number of rotatable bonds is 7. The van der Waals surface area contributed by atoms with E-state index < -0.39 is 15.4 Å². The Morgan fingerprint density at radius 1 is 1.24 bits per heavy atom. The average molecular weight is 493 g/mol. The van der Waals surface area contributed by atoms with Gasteiger partial charge in [0.05, 0.1) is 22.9 Å². The van der Waals surface area contributed by atoms with E-state index in [1.54, 1.807) is 12.4 Å². The number of aromatic nitrogens is 1. The maximum Gasteiger partial charge on any atom is 0.275 e. The predicted molar refractivity (Wildman–Crippen MR) is 130 cm³/mol. The number of anilines is 3. The van der Waals surface area contributed by atoms with E-state index in [0.29, 0.717) is 43.2 Å². The molecule has 12 heteroatoms. The number of nitrogens with two attached hydrogens (primary N) is 1. The standard InChI is InChI=1S/C21H28N6O4S2/c1-23-21(19(22)29)7-9-27(10-8-21)17-5-3-2-4-15(17)25-18(28)16-12-32-20(26-16)24-14-6-11-33(30,31)13-14/h2-5,12,14,23H,6-11,13H2,1H3,(H2,22,29)(H,24,26)(H,25,28). The van der Waals surface area contributed by atoms with Crippen LogP contribution in [-0.4, -0.2) is 68.4 Å². The number of nitrogens with zero attached hydrogens (tertiary/aromatic N) is 2. The van der Waals surface area contributed by atoms with Gasteiger partial charge in [0.25, 0.3) is 5.91 Å².